The van der Waals surface area contributed by atoms with Crippen LogP contribution in [0.1, 0.15) is 29.4 Å². The van der Waals surface area contributed by atoms with Gasteiger partial charge in [0.1, 0.15) is 0 Å². The zero-order valence-corrected chi connectivity index (χ0v) is 15.1. The quantitative estimate of drug-likeness (QED) is 0.574. The van der Waals surface area contributed by atoms with E-state index in [4.69, 9.17) is 10.7 Å². The molecule has 0 atom stereocenters. The Morgan fingerprint density at radius 3 is 2.96 bits per heavy atom. The Morgan fingerprint density at radius 2 is 2.11 bits per heavy atom. The Hall–Kier alpha value is -3.34. The Kier molecular flexibility index (Phi) is 3.44. The smallest absolute Gasteiger partial charge is 0.258 e. The number of nitrogens with zero attached hydrogens (tertiary/aromatic N) is 2. The minimum atomic E-state index is -0.00195. The normalized spacial score (nSPS) is 13.7. The number of hydrogen-bond donors (Lipinski definition) is 2. The largest absolute Gasteiger partial charge is 0.397 e. The van der Waals surface area contributed by atoms with Crippen molar-refractivity contribution in [1.29, 1.82) is 0 Å². The average Bonchev–Trinajstić information content (AvgIpc) is 3.26. The molecule has 1 aliphatic heterocycles. The molecular weight excluding hydrogens is 336 g/mol. The Balaban J connectivity index is 1.73. The molecule has 3 heterocycles. The third-order valence-corrected chi connectivity index (χ3v) is 5.33. The molecule has 0 aliphatic carbocycles. The highest BCUT2D eigenvalue weighted by atomic mass is 16.2. The number of hydrogen-bond acceptors (Lipinski definition) is 3. The first-order chi connectivity index (χ1) is 13.2. The third-order valence-electron chi connectivity index (χ3n) is 5.33. The fourth-order valence-corrected chi connectivity index (χ4v) is 4.03. The van der Waals surface area contributed by atoms with E-state index in [0.29, 0.717) is 17.8 Å². The van der Waals surface area contributed by atoms with Crippen molar-refractivity contribution in [2.75, 3.05) is 12.3 Å². The van der Waals surface area contributed by atoms with E-state index in [1.807, 2.05) is 23.2 Å². The van der Waals surface area contributed by atoms with E-state index in [0.717, 1.165) is 51.6 Å². The van der Waals surface area contributed by atoms with E-state index < -0.39 is 0 Å². The van der Waals surface area contributed by atoms with Gasteiger partial charge in [-0.1, -0.05) is 31.2 Å². The summed E-state index contributed by atoms with van der Waals surface area (Å²) in [4.78, 5) is 22.7. The van der Waals surface area contributed by atoms with Gasteiger partial charge in [0.15, 0.2) is 0 Å². The van der Waals surface area contributed by atoms with E-state index in [1.165, 1.54) is 0 Å². The van der Waals surface area contributed by atoms with Crippen LogP contribution in [-0.2, 0) is 6.54 Å². The van der Waals surface area contributed by atoms with E-state index in [-0.39, 0.29) is 5.91 Å². The van der Waals surface area contributed by atoms with Crippen molar-refractivity contribution in [3.8, 4) is 11.1 Å². The molecule has 0 radical (unpaired) electrons. The Bertz CT molecular complexity index is 1210. The molecule has 0 unspecified atom stereocenters. The SMILES string of the molecule is CCCN1Cc2nc3c(-c4ccc5[nH]ccc5c4)cccc3c(N)c2C1=O. The zero-order chi connectivity index (χ0) is 18.5. The number of carbonyl (C=O) groups excluding carboxylic acids is 1. The summed E-state index contributed by atoms with van der Waals surface area (Å²) in [5, 5.41) is 2.00. The summed E-state index contributed by atoms with van der Waals surface area (Å²) in [7, 11) is 0. The first-order valence-electron chi connectivity index (χ1n) is 9.25. The lowest BCUT2D eigenvalue weighted by Crippen LogP contribution is -2.24. The lowest BCUT2D eigenvalue weighted by Gasteiger charge is -2.13. The summed E-state index contributed by atoms with van der Waals surface area (Å²) in [5.74, 6) is -0.00195. The number of benzene rings is 2. The first-order valence-corrected chi connectivity index (χ1v) is 9.25. The summed E-state index contributed by atoms with van der Waals surface area (Å²) in [6.07, 6.45) is 2.86. The van der Waals surface area contributed by atoms with Crippen LogP contribution < -0.4 is 5.73 Å². The molecule has 2 aromatic heterocycles. The molecule has 134 valence electrons. The third kappa shape index (κ3) is 2.31. The maximum absolute atomic E-state index is 12.7. The van der Waals surface area contributed by atoms with Crippen molar-refractivity contribution in [2.24, 2.45) is 0 Å². The number of rotatable bonds is 3. The molecule has 2 aromatic carbocycles. The van der Waals surface area contributed by atoms with Gasteiger partial charge in [-0.3, -0.25) is 4.79 Å². The molecule has 5 nitrogen and oxygen atoms in total. The maximum Gasteiger partial charge on any atom is 0.258 e. The van der Waals surface area contributed by atoms with Gasteiger partial charge in [-0.25, -0.2) is 4.98 Å². The molecule has 0 fully saturated rings. The number of para-hydroxylation sites is 1. The Morgan fingerprint density at radius 1 is 1.22 bits per heavy atom. The number of aromatic amines is 1. The number of H-pyrrole nitrogens is 1. The van der Waals surface area contributed by atoms with Gasteiger partial charge in [-0.05, 0) is 35.6 Å². The van der Waals surface area contributed by atoms with Gasteiger partial charge in [-0.15, -0.1) is 0 Å². The summed E-state index contributed by atoms with van der Waals surface area (Å²) in [5.41, 5.74) is 12.4. The number of nitrogens with one attached hydrogen (secondary N) is 1. The number of pyridine rings is 1. The summed E-state index contributed by atoms with van der Waals surface area (Å²) in [6.45, 7) is 3.33. The fraction of sp³-hybridized carbons (Fsp3) is 0.182. The van der Waals surface area contributed by atoms with Crippen molar-refractivity contribution in [2.45, 2.75) is 19.9 Å². The standard InChI is InChI=1S/C22H20N4O/c1-2-10-26-12-18-19(22(26)27)20(23)16-5-3-4-15(21(16)25-18)13-6-7-17-14(11-13)8-9-24-17/h3-9,11,24H,2,10,12H2,1H3,(H2,23,25). The van der Waals surface area contributed by atoms with Crippen LogP contribution in [0.25, 0.3) is 32.9 Å². The summed E-state index contributed by atoms with van der Waals surface area (Å²) in [6, 6.07) is 14.4. The van der Waals surface area contributed by atoms with E-state index in [2.05, 4.69) is 42.2 Å². The van der Waals surface area contributed by atoms with Crippen LogP contribution >= 0.6 is 0 Å². The monoisotopic (exact) mass is 356 g/mol. The van der Waals surface area contributed by atoms with Crippen molar-refractivity contribution in [3.63, 3.8) is 0 Å². The highest BCUT2D eigenvalue weighted by molar-refractivity contribution is 6.11. The van der Waals surface area contributed by atoms with Gasteiger partial charge in [0.25, 0.3) is 5.91 Å². The number of carbonyl (C=O) groups is 1. The number of anilines is 1. The molecule has 0 saturated carbocycles. The van der Waals surface area contributed by atoms with Gasteiger partial charge in [0.05, 0.1) is 29.0 Å². The van der Waals surface area contributed by atoms with E-state index in [1.54, 1.807) is 0 Å². The number of fused-ring (bicyclic) bond motifs is 3. The predicted octanol–water partition coefficient (Wildman–Crippen LogP) is 4.33. The molecular formula is C22H20N4O. The molecule has 0 saturated heterocycles. The molecule has 5 rings (SSSR count). The van der Waals surface area contributed by atoms with Gasteiger partial charge in [0, 0.05) is 29.2 Å². The zero-order valence-electron chi connectivity index (χ0n) is 15.1. The van der Waals surface area contributed by atoms with Crippen LogP contribution in [0, 0.1) is 0 Å². The van der Waals surface area contributed by atoms with Gasteiger partial charge in [0.2, 0.25) is 0 Å². The molecule has 5 heteroatoms. The lowest BCUT2D eigenvalue weighted by molar-refractivity contribution is 0.0779. The van der Waals surface area contributed by atoms with Crippen molar-refractivity contribution >= 4 is 33.4 Å². The minimum Gasteiger partial charge on any atom is -0.397 e. The molecule has 1 aliphatic rings. The summed E-state index contributed by atoms with van der Waals surface area (Å²) >= 11 is 0. The van der Waals surface area contributed by atoms with Crippen LogP contribution in [0.3, 0.4) is 0 Å². The number of nitrogens with two attached hydrogens (primary N) is 1. The van der Waals surface area contributed by atoms with Crippen LogP contribution in [-0.4, -0.2) is 27.3 Å². The number of nitrogen functional groups attached to an aromatic ring is 1. The first kappa shape index (κ1) is 15.9. The molecule has 0 spiro atoms. The lowest BCUT2D eigenvalue weighted by atomic mass is 9.98. The second kappa shape index (κ2) is 5.84. The summed E-state index contributed by atoms with van der Waals surface area (Å²) < 4.78 is 0. The molecule has 0 bridgehead atoms. The van der Waals surface area contributed by atoms with Crippen LogP contribution in [0.5, 0.6) is 0 Å². The second-order valence-corrected chi connectivity index (χ2v) is 7.06. The van der Waals surface area contributed by atoms with Crippen LogP contribution in [0.2, 0.25) is 0 Å². The Labute approximate surface area is 156 Å². The van der Waals surface area contributed by atoms with Gasteiger partial charge in [-0.2, -0.15) is 0 Å². The fourth-order valence-electron chi connectivity index (χ4n) is 4.03. The van der Waals surface area contributed by atoms with Crippen LogP contribution in [0.4, 0.5) is 5.69 Å². The highest BCUT2D eigenvalue weighted by Crippen LogP contribution is 2.37. The molecule has 27 heavy (non-hydrogen) atoms. The minimum absolute atomic E-state index is 0.00195. The van der Waals surface area contributed by atoms with Crippen LogP contribution in [0.15, 0.2) is 48.7 Å². The maximum atomic E-state index is 12.7. The highest BCUT2D eigenvalue weighted by Gasteiger charge is 2.31. The van der Waals surface area contributed by atoms with Crippen molar-refractivity contribution in [1.82, 2.24) is 14.9 Å². The topological polar surface area (TPSA) is 75.0 Å². The second-order valence-electron chi connectivity index (χ2n) is 7.06. The van der Waals surface area contributed by atoms with Gasteiger partial charge < -0.3 is 15.6 Å². The van der Waals surface area contributed by atoms with Gasteiger partial charge >= 0.3 is 0 Å². The number of amides is 1. The van der Waals surface area contributed by atoms with Crippen molar-refractivity contribution < 1.29 is 4.79 Å². The average molecular weight is 356 g/mol. The predicted molar refractivity (Wildman–Crippen MR) is 108 cm³/mol. The van der Waals surface area contributed by atoms with Crippen molar-refractivity contribution in [3.05, 3.63) is 59.9 Å². The molecule has 1 amide bonds. The number of aromatic nitrogens is 2. The molecule has 4 aromatic rings. The van der Waals surface area contributed by atoms with E-state index in [9.17, 15) is 4.79 Å². The molecule has 3 N–H and O–H groups in total. The van der Waals surface area contributed by atoms with E-state index >= 15 is 0 Å².